The van der Waals surface area contributed by atoms with Gasteiger partial charge in [-0.1, -0.05) is 41.1 Å². The van der Waals surface area contributed by atoms with Crippen LogP contribution >= 0.6 is 15.9 Å². The molecule has 2 aliphatic rings. The van der Waals surface area contributed by atoms with Crippen LogP contribution in [0, 0.1) is 5.92 Å². The first-order chi connectivity index (χ1) is 14.6. The first-order valence-electron chi connectivity index (χ1n) is 10.6. The Morgan fingerprint density at radius 1 is 1.23 bits per heavy atom. The molecule has 2 unspecified atom stereocenters. The highest BCUT2D eigenvalue weighted by molar-refractivity contribution is 9.10. The number of ether oxygens (including phenoxy) is 1. The summed E-state index contributed by atoms with van der Waals surface area (Å²) in [6, 6.07) is 8.34. The van der Waals surface area contributed by atoms with E-state index in [1.165, 1.54) is 5.56 Å². The lowest BCUT2D eigenvalue weighted by Crippen LogP contribution is -2.24. The second-order valence-corrected chi connectivity index (χ2v) is 9.36. The Morgan fingerprint density at radius 3 is 2.83 bits per heavy atom. The predicted octanol–water partition coefficient (Wildman–Crippen LogP) is 3.31. The van der Waals surface area contributed by atoms with Gasteiger partial charge in [0.15, 0.2) is 5.52 Å². The van der Waals surface area contributed by atoms with Crippen LogP contribution in [0.5, 0.6) is 0 Å². The maximum Gasteiger partial charge on any atom is 0.276 e. The Hall–Kier alpha value is -2.03. The second-order valence-electron chi connectivity index (χ2n) is 8.51. The number of imidazole rings is 1. The molecule has 3 aromatic rings. The third kappa shape index (κ3) is 3.72. The van der Waals surface area contributed by atoms with Crippen molar-refractivity contribution in [2.75, 3.05) is 26.3 Å². The molecule has 4 heterocycles. The van der Waals surface area contributed by atoms with E-state index < -0.39 is 0 Å². The minimum atomic E-state index is -0.109. The van der Waals surface area contributed by atoms with Crippen LogP contribution in [0.3, 0.4) is 0 Å². The van der Waals surface area contributed by atoms with Crippen LogP contribution in [0.1, 0.15) is 48.8 Å². The quantitative estimate of drug-likeness (QED) is 0.631. The molecule has 7 nitrogen and oxygen atoms in total. The first-order valence-corrected chi connectivity index (χ1v) is 11.4. The number of aromatic amines is 1. The third-order valence-corrected chi connectivity index (χ3v) is 7.20. The molecule has 0 aliphatic carbocycles. The number of halogens is 1. The van der Waals surface area contributed by atoms with Crippen LogP contribution < -0.4 is 5.56 Å². The monoisotopic (exact) mass is 471 g/mol. The molecule has 2 atom stereocenters. The van der Waals surface area contributed by atoms with Crippen LogP contribution in [-0.2, 0) is 11.3 Å². The minimum Gasteiger partial charge on any atom is -0.381 e. The smallest absolute Gasteiger partial charge is 0.276 e. The summed E-state index contributed by atoms with van der Waals surface area (Å²) in [5, 5.41) is 4.88. The van der Waals surface area contributed by atoms with Crippen molar-refractivity contribution in [3.8, 4) is 0 Å². The van der Waals surface area contributed by atoms with Gasteiger partial charge in [-0.2, -0.15) is 5.10 Å². The highest BCUT2D eigenvalue weighted by atomic mass is 79.9. The molecule has 0 saturated carbocycles. The Morgan fingerprint density at radius 2 is 2.03 bits per heavy atom. The number of aromatic nitrogens is 4. The van der Waals surface area contributed by atoms with Gasteiger partial charge < -0.3 is 9.72 Å². The number of hydrogen-bond acceptors (Lipinski definition) is 5. The molecule has 0 radical (unpaired) electrons. The van der Waals surface area contributed by atoms with Crippen molar-refractivity contribution < 1.29 is 4.74 Å². The molecule has 0 amide bonds. The molecular weight excluding hydrogens is 446 g/mol. The van der Waals surface area contributed by atoms with Crippen molar-refractivity contribution in [3.05, 3.63) is 62.5 Å². The molecular formula is C22H26BrN5O2. The molecule has 2 aromatic heterocycles. The zero-order valence-corrected chi connectivity index (χ0v) is 18.6. The number of H-pyrrole nitrogens is 1. The molecule has 1 aromatic carbocycles. The van der Waals surface area contributed by atoms with E-state index in [-0.39, 0.29) is 17.4 Å². The number of nitrogens with zero attached hydrogens (tertiary/aromatic N) is 4. The van der Waals surface area contributed by atoms with Crippen LogP contribution in [0.25, 0.3) is 5.52 Å². The van der Waals surface area contributed by atoms with Gasteiger partial charge in [0.2, 0.25) is 0 Å². The molecule has 30 heavy (non-hydrogen) atoms. The Labute approximate surface area is 183 Å². The van der Waals surface area contributed by atoms with Gasteiger partial charge >= 0.3 is 0 Å². The molecule has 0 spiro atoms. The summed E-state index contributed by atoms with van der Waals surface area (Å²) >= 11 is 3.65. The van der Waals surface area contributed by atoms with E-state index in [2.05, 4.69) is 55.9 Å². The zero-order chi connectivity index (χ0) is 20.7. The second kappa shape index (κ2) is 8.24. The van der Waals surface area contributed by atoms with Crippen molar-refractivity contribution in [2.24, 2.45) is 5.92 Å². The summed E-state index contributed by atoms with van der Waals surface area (Å²) in [6.07, 6.45) is 3.49. The van der Waals surface area contributed by atoms with Gasteiger partial charge in [-0.05, 0) is 30.4 Å². The van der Waals surface area contributed by atoms with E-state index in [1.807, 2.05) is 6.07 Å². The lowest BCUT2D eigenvalue weighted by Gasteiger charge is -2.21. The Balaban J connectivity index is 1.42. The number of hydrogen-bond donors (Lipinski definition) is 1. The molecule has 2 fully saturated rings. The van der Waals surface area contributed by atoms with Crippen molar-refractivity contribution in [1.29, 1.82) is 0 Å². The van der Waals surface area contributed by atoms with E-state index in [9.17, 15) is 4.79 Å². The molecule has 2 saturated heterocycles. The fraction of sp³-hybridized carbons (Fsp3) is 0.500. The SMILES string of the molecule is CC1CN(Cc2ccccc2Br)CC1c1nn2c(C3CCOCC3)ncc2c(=O)[nH]1. The summed E-state index contributed by atoms with van der Waals surface area (Å²) in [6.45, 7) is 6.44. The van der Waals surface area contributed by atoms with Gasteiger partial charge in [-0.15, -0.1) is 0 Å². The molecule has 5 rings (SSSR count). The van der Waals surface area contributed by atoms with Gasteiger partial charge in [0.05, 0.1) is 6.20 Å². The van der Waals surface area contributed by atoms with Gasteiger partial charge in [-0.25, -0.2) is 9.50 Å². The van der Waals surface area contributed by atoms with E-state index in [1.54, 1.807) is 10.7 Å². The highest BCUT2D eigenvalue weighted by Crippen LogP contribution is 2.32. The van der Waals surface area contributed by atoms with Crippen molar-refractivity contribution in [1.82, 2.24) is 24.5 Å². The topological polar surface area (TPSA) is 75.5 Å². The number of fused-ring (bicyclic) bond motifs is 1. The van der Waals surface area contributed by atoms with Gasteiger partial charge in [0.1, 0.15) is 11.6 Å². The number of likely N-dealkylation sites (tertiary alicyclic amines) is 1. The summed E-state index contributed by atoms with van der Waals surface area (Å²) in [7, 11) is 0. The van der Waals surface area contributed by atoms with E-state index in [0.717, 1.165) is 61.8 Å². The van der Waals surface area contributed by atoms with E-state index in [4.69, 9.17) is 9.84 Å². The van der Waals surface area contributed by atoms with Crippen LogP contribution in [0.15, 0.2) is 39.7 Å². The normalized spacial score (nSPS) is 23.4. The first kappa shape index (κ1) is 19.9. The number of nitrogens with one attached hydrogen (secondary N) is 1. The predicted molar refractivity (Wildman–Crippen MR) is 118 cm³/mol. The van der Waals surface area contributed by atoms with Crippen molar-refractivity contribution in [2.45, 2.75) is 38.1 Å². The van der Waals surface area contributed by atoms with Crippen molar-refractivity contribution in [3.63, 3.8) is 0 Å². The Kier molecular flexibility index (Phi) is 5.47. The van der Waals surface area contributed by atoms with Gasteiger partial charge in [-0.3, -0.25) is 9.69 Å². The maximum absolute atomic E-state index is 12.8. The summed E-state index contributed by atoms with van der Waals surface area (Å²) in [4.78, 5) is 22.8. The third-order valence-electron chi connectivity index (χ3n) is 6.42. The molecule has 1 N–H and O–H groups in total. The Bertz CT molecular complexity index is 1100. The summed E-state index contributed by atoms with van der Waals surface area (Å²) in [5.74, 6) is 2.53. The van der Waals surface area contributed by atoms with E-state index in [0.29, 0.717) is 11.4 Å². The van der Waals surface area contributed by atoms with E-state index >= 15 is 0 Å². The maximum atomic E-state index is 12.8. The highest BCUT2D eigenvalue weighted by Gasteiger charge is 2.33. The summed E-state index contributed by atoms with van der Waals surface area (Å²) in [5.41, 5.74) is 1.69. The molecule has 158 valence electrons. The fourth-order valence-electron chi connectivity index (χ4n) is 4.75. The van der Waals surface area contributed by atoms with Crippen LogP contribution in [-0.4, -0.2) is 50.8 Å². The number of rotatable bonds is 4. The standard InChI is InChI=1S/C22H26BrN5O2/c1-14-11-27(12-16-4-2-3-5-18(16)23)13-17(14)20-25-22(29)19-10-24-21(28(19)26-20)15-6-8-30-9-7-15/h2-5,10,14-15,17H,6-9,11-13H2,1H3,(H,25,26,29). The molecule has 2 aliphatic heterocycles. The molecule has 8 heteroatoms. The van der Waals surface area contributed by atoms with Gasteiger partial charge in [0, 0.05) is 49.2 Å². The van der Waals surface area contributed by atoms with Crippen LogP contribution in [0.4, 0.5) is 0 Å². The lowest BCUT2D eigenvalue weighted by atomic mass is 9.97. The average molecular weight is 472 g/mol. The van der Waals surface area contributed by atoms with Crippen molar-refractivity contribution >= 4 is 21.4 Å². The molecule has 0 bridgehead atoms. The lowest BCUT2D eigenvalue weighted by molar-refractivity contribution is 0.0832. The number of benzene rings is 1. The largest absolute Gasteiger partial charge is 0.381 e. The van der Waals surface area contributed by atoms with Gasteiger partial charge in [0.25, 0.3) is 5.56 Å². The minimum absolute atomic E-state index is 0.109. The van der Waals surface area contributed by atoms with Crippen LogP contribution in [0.2, 0.25) is 0 Å². The summed E-state index contributed by atoms with van der Waals surface area (Å²) < 4.78 is 8.41. The fourth-order valence-corrected chi connectivity index (χ4v) is 5.16. The average Bonchev–Trinajstić information content (AvgIpc) is 3.34. The zero-order valence-electron chi connectivity index (χ0n) is 17.1.